The van der Waals surface area contributed by atoms with Crippen LogP contribution < -0.4 is 10.2 Å². The summed E-state index contributed by atoms with van der Waals surface area (Å²) in [5.41, 5.74) is 2.81. The van der Waals surface area contributed by atoms with E-state index in [-0.39, 0.29) is 23.8 Å². The van der Waals surface area contributed by atoms with Gasteiger partial charge in [-0.15, -0.1) is 0 Å². The maximum absolute atomic E-state index is 13.4. The van der Waals surface area contributed by atoms with Gasteiger partial charge in [0.1, 0.15) is 6.04 Å². The number of nitrogens with zero attached hydrogens (tertiary/aromatic N) is 2. The van der Waals surface area contributed by atoms with E-state index in [1.54, 1.807) is 15.9 Å². The Labute approximate surface area is 188 Å². The van der Waals surface area contributed by atoms with E-state index in [2.05, 4.69) is 5.32 Å². The molecule has 0 spiro atoms. The average Bonchev–Trinajstić information content (AvgIpc) is 3.30. The van der Waals surface area contributed by atoms with E-state index in [1.165, 1.54) is 19.3 Å². The normalized spacial score (nSPS) is 21.2. The molecule has 2 aliphatic heterocycles. The molecule has 1 saturated heterocycles. The van der Waals surface area contributed by atoms with E-state index in [9.17, 15) is 14.4 Å². The second-order valence-electron chi connectivity index (χ2n) is 9.10. The topological polar surface area (TPSA) is 69.7 Å². The van der Waals surface area contributed by atoms with Gasteiger partial charge in [0, 0.05) is 18.2 Å². The highest BCUT2D eigenvalue weighted by Gasteiger charge is 2.41. The molecule has 3 aliphatic rings. The van der Waals surface area contributed by atoms with Crippen LogP contribution >= 0.6 is 0 Å². The van der Waals surface area contributed by atoms with Crippen molar-refractivity contribution in [2.45, 2.75) is 63.6 Å². The minimum atomic E-state index is -0.393. The summed E-state index contributed by atoms with van der Waals surface area (Å²) in [5, 5.41) is 3.15. The molecule has 32 heavy (non-hydrogen) atoms. The molecular formula is C26H29N3O3. The molecule has 1 N–H and O–H groups in total. The van der Waals surface area contributed by atoms with Crippen LogP contribution in [-0.2, 0) is 11.3 Å². The Kier molecular flexibility index (Phi) is 5.68. The number of amides is 3. The molecule has 5 rings (SSSR count). The minimum Gasteiger partial charge on any atom is -0.349 e. The van der Waals surface area contributed by atoms with Crippen LogP contribution in [0.3, 0.4) is 0 Å². The van der Waals surface area contributed by atoms with Gasteiger partial charge in [-0.1, -0.05) is 43.5 Å². The number of fused-ring (bicyclic) bond motifs is 2. The van der Waals surface area contributed by atoms with Gasteiger partial charge in [0.15, 0.2) is 0 Å². The molecule has 0 radical (unpaired) electrons. The molecule has 2 fully saturated rings. The Morgan fingerprint density at radius 1 is 0.906 bits per heavy atom. The average molecular weight is 432 g/mol. The van der Waals surface area contributed by atoms with Crippen molar-refractivity contribution >= 4 is 23.4 Å². The fourth-order valence-corrected chi connectivity index (χ4v) is 5.23. The smallest absolute Gasteiger partial charge is 0.256 e. The number of rotatable bonds is 4. The SMILES string of the molecule is O=C(NC1CCCCC1)c1ccc(CN2C(=O)[C@@H]3CCCN3C(=O)c3ccccc32)cc1. The molecule has 6 heteroatoms. The number of carbonyl (C=O) groups excluding carboxylic acids is 3. The molecule has 1 aliphatic carbocycles. The third-order valence-corrected chi connectivity index (χ3v) is 6.99. The predicted molar refractivity (Wildman–Crippen MR) is 122 cm³/mol. The summed E-state index contributed by atoms with van der Waals surface area (Å²) in [6.45, 7) is 1.00. The third kappa shape index (κ3) is 3.90. The molecule has 2 heterocycles. The number of benzene rings is 2. The first-order chi connectivity index (χ1) is 15.6. The monoisotopic (exact) mass is 431 g/mol. The van der Waals surface area contributed by atoms with Crippen LogP contribution in [0.1, 0.15) is 71.2 Å². The Hall–Kier alpha value is -3.15. The molecule has 0 bridgehead atoms. The third-order valence-electron chi connectivity index (χ3n) is 6.99. The molecule has 6 nitrogen and oxygen atoms in total. The highest BCUT2D eigenvalue weighted by atomic mass is 16.2. The van der Waals surface area contributed by atoms with Crippen molar-refractivity contribution in [2.24, 2.45) is 0 Å². The van der Waals surface area contributed by atoms with Crippen molar-refractivity contribution in [1.29, 1.82) is 0 Å². The van der Waals surface area contributed by atoms with E-state index in [4.69, 9.17) is 0 Å². The number of para-hydroxylation sites is 1. The van der Waals surface area contributed by atoms with Crippen molar-refractivity contribution < 1.29 is 14.4 Å². The van der Waals surface area contributed by atoms with Gasteiger partial charge in [0.05, 0.1) is 17.8 Å². The van der Waals surface area contributed by atoms with Gasteiger partial charge in [0.2, 0.25) is 5.91 Å². The lowest BCUT2D eigenvalue weighted by Gasteiger charge is -2.26. The lowest BCUT2D eigenvalue weighted by atomic mass is 9.95. The van der Waals surface area contributed by atoms with Crippen LogP contribution in [0.4, 0.5) is 5.69 Å². The zero-order chi connectivity index (χ0) is 22.1. The summed E-state index contributed by atoms with van der Waals surface area (Å²) in [7, 11) is 0. The maximum Gasteiger partial charge on any atom is 0.256 e. The molecule has 166 valence electrons. The Balaban J connectivity index is 1.35. The van der Waals surface area contributed by atoms with Crippen LogP contribution in [-0.4, -0.2) is 41.2 Å². The molecule has 2 aromatic carbocycles. The first-order valence-electron chi connectivity index (χ1n) is 11.7. The van der Waals surface area contributed by atoms with Crippen LogP contribution in [0.5, 0.6) is 0 Å². The minimum absolute atomic E-state index is 0.0279. The molecule has 1 saturated carbocycles. The van der Waals surface area contributed by atoms with Gasteiger partial charge < -0.3 is 15.1 Å². The first kappa shape index (κ1) is 20.7. The van der Waals surface area contributed by atoms with E-state index in [1.807, 2.05) is 42.5 Å². The zero-order valence-corrected chi connectivity index (χ0v) is 18.3. The van der Waals surface area contributed by atoms with E-state index in [0.717, 1.165) is 24.8 Å². The lowest BCUT2D eigenvalue weighted by Crippen LogP contribution is -2.44. The quantitative estimate of drug-likeness (QED) is 0.798. The van der Waals surface area contributed by atoms with E-state index < -0.39 is 6.04 Å². The zero-order valence-electron chi connectivity index (χ0n) is 18.3. The fourth-order valence-electron chi connectivity index (χ4n) is 5.23. The Bertz CT molecular complexity index is 1030. The second-order valence-corrected chi connectivity index (χ2v) is 9.10. The summed E-state index contributed by atoms with van der Waals surface area (Å²) < 4.78 is 0. The summed E-state index contributed by atoms with van der Waals surface area (Å²) in [4.78, 5) is 42.5. The fraction of sp³-hybridized carbons (Fsp3) is 0.423. The van der Waals surface area contributed by atoms with Crippen molar-refractivity contribution in [3.63, 3.8) is 0 Å². The summed E-state index contributed by atoms with van der Waals surface area (Å²) in [6.07, 6.45) is 7.27. The lowest BCUT2D eigenvalue weighted by molar-refractivity contribution is -0.122. The van der Waals surface area contributed by atoms with Crippen LogP contribution in [0, 0.1) is 0 Å². The first-order valence-corrected chi connectivity index (χ1v) is 11.7. The molecule has 0 aromatic heterocycles. The molecule has 1 atom stereocenters. The molecular weight excluding hydrogens is 402 g/mol. The number of anilines is 1. The van der Waals surface area contributed by atoms with E-state index >= 15 is 0 Å². The van der Waals surface area contributed by atoms with Gasteiger partial charge in [-0.2, -0.15) is 0 Å². The van der Waals surface area contributed by atoms with Crippen LogP contribution in [0.25, 0.3) is 0 Å². The molecule has 3 amide bonds. The van der Waals surface area contributed by atoms with Gasteiger partial charge in [-0.3, -0.25) is 14.4 Å². The Morgan fingerprint density at radius 3 is 2.44 bits per heavy atom. The van der Waals surface area contributed by atoms with Crippen molar-refractivity contribution in [3.05, 3.63) is 65.2 Å². The largest absolute Gasteiger partial charge is 0.349 e. The van der Waals surface area contributed by atoms with Crippen LogP contribution in [0.15, 0.2) is 48.5 Å². The van der Waals surface area contributed by atoms with Crippen molar-refractivity contribution in [1.82, 2.24) is 10.2 Å². The summed E-state index contributed by atoms with van der Waals surface area (Å²) in [6, 6.07) is 14.7. The highest BCUT2D eigenvalue weighted by Crippen LogP contribution is 2.33. The summed E-state index contributed by atoms with van der Waals surface area (Å²) >= 11 is 0. The van der Waals surface area contributed by atoms with Crippen molar-refractivity contribution in [2.75, 3.05) is 11.4 Å². The molecule has 0 unspecified atom stereocenters. The number of carbonyl (C=O) groups is 3. The Morgan fingerprint density at radius 2 is 1.66 bits per heavy atom. The number of hydrogen-bond donors (Lipinski definition) is 1. The number of nitrogens with one attached hydrogen (secondary N) is 1. The predicted octanol–water partition coefficient (Wildman–Crippen LogP) is 3.90. The summed E-state index contributed by atoms with van der Waals surface area (Å²) in [5.74, 6) is -0.125. The standard InChI is InChI=1S/C26H29N3O3/c30-24(27-20-7-2-1-3-8-20)19-14-12-18(13-15-19)17-29-22-10-5-4-9-21(22)25(31)28-16-6-11-23(28)26(29)32/h4-5,9-10,12-15,20,23H,1-3,6-8,11,16-17H2,(H,27,30)/t23-/m0/s1. The van der Waals surface area contributed by atoms with Gasteiger partial charge in [0.25, 0.3) is 11.8 Å². The molecule has 2 aromatic rings. The van der Waals surface area contributed by atoms with Gasteiger partial charge >= 0.3 is 0 Å². The number of hydrogen-bond acceptors (Lipinski definition) is 3. The van der Waals surface area contributed by atoms with E-state index in [0.29, 0.717) is 36.3 Å². The van der Waals surface area contributed by atoms with Crippen molar-refractivity contribution in [3.8, 4) is 0 Å². The van der Waals surface area contributed by atoms with Crippen LogP contribution in [0.2, 0.25) is 0 Å². The van der Waals surface area contributed by atoms with Gasteiger partial charge in [-0.25, -0.2) is 0 Å². The second kappa shape index (κ2) is 8.77. The highest BCUT2D eigenvalue weighted by molar-refractivity contribution is 6.11. The van der Waals surface area contributed by atoms with Gasteiger partial charge in [-0.05, 0) is 55.5 Å². The maximum atomic E-state index is 13.4.